The molecule has 2 aliphatic rings. The molecule has 0 atom stereocenters. The van der Waals surface area contributed by atoms with Gasteiger partial charge in [0, 0.05) is 5.92 Å². The van der Waals surface area contributed by atoms with Crippen molar-refractivity contribution in [3.8, 4) is 6.07 Å². The van der Waals surface area contributed by atoms with E-state index in [2.05, 4.69) is 25.1 Å². The van der Waals surface area contributed by atoms with Crippen LogP contribution in [0.2, 0.25) is 0 Å². The highest BCUT2D eigenvalue weighted by atomic mass is 14.3. The van der Waals surface area contributed by atoms with Crippen molar-refractivity contribution in [1.29, 1.82) is 5.26 Å². The van der Waals surface area contributed by atoms with Crippen LogP contribution in [-0.4, -0.2) is 0 Å². The Hall–Kier alpha value is -0.770. The Balaban J connectivity index is 1.56. The quantitative estimate of drug-likeness (QED) is 0.529. The minimum atomic E-state index is 0.369. The minimum Gasteiger partial charge on any atom is -0.198 e. The van der Waals surface area contributed by atoms with Gasteiger partial charge in [-0.3, -0.25) is 0 Å². The summed E-state index contributed by atoms with van der Waals surface area (Å²) < 4.78 is 0. The Morgan fingerprint density at radius 1 is 0.810 bits per heavy atom. The molecule has 2 rings (SSSR count). The molecule has 21 heavy (non-hydrogen) atoms. The normalized spacial score (nSPS) is 33.9. The van der Waals surface area contributed by atoms with Crippen LogP contribution in [0.1, 0.15) is 84.0 Å². The lowest BCUT2D eigenvalue weighted by atomic mass is 9.75. The van der Waals surface area contributed by atoms with E-state index in [0.717, 1.165) is 17.8 Å². The molecular weight excluding hydrogens is 254 g/mol. The van der Waals surface area contributed by atoms with E-state index >= 15 is 0 Å². The van der Waals surface area contributed by atoms with Gasteiger partial charge in [-0.2, -0.15) is 5.26 Å². The van der Waals surface area contributed by atoms with Gasteiger partial charge in [-0.15, -0.1) is 0 Å². The lowest BCUT2D eigenvalue weighted by molar-refractivity contribution is 0.223. The smallest absolute Gasteiger partial charge is 0.0655 e. The van der Waals surface area contributed by atoms with Gasteiger partial charge >= 0.3 is 0 Å². The van der Waals surface area contributed by atoms with Crippen molar-refractivity contribution < 1.29 is 0 Å². The minimum absolute atomic E-state index is 0.369. The Bertz CT molecular complexity index is 335. The van der Waals surface area contributed by atoms with Gasteiger partial charge in [0.2, 0.25) is 0 Å². The lowest BCUT2D eigenvalue weighted by Crippen LogP contribution is -2.17. The van der Waals surface area contributed by atoms with E-state index in [0.29, 0.717) is 5.92 Å². The molecule has 0 unspecified atom stereocenters. The Morgan fingerprint density at radius 3 is 1.76 bits per heavy atom. The SMILES string of the molecule is C/C=C/CC[C@H]1CC[C@H](CC[C@H]2CC[C@H](C#N)CC2)CC1. The molecule has 0 radical (unpaired) electrons. The van der Waals surface area contributed by atoms with E-state index in [4.69, 9.17) is 5.26 Å². The maximum atomic E-state index is 8.96. The molecule has 0 aromatic heterocycles. The van der Waals surface area contributed by atoms with Gasteiger partial charge in [0.15, 0.2) is 0 Å². The molecule has 1 nitrogen and oxygen atoms in total. The van der Waals surface area contributed by atoms with Crippen LogP contribution in [0.5, 0.6) is 0 Å². The van der Waals surface area contributed by atoms with Crippen molar-refractivity contribution in [3.05, 3.63) is 12.2 Å². The first-order valence-electron chi connectivity index (χ1n) is 9.32. The second-order valence-electron chi connectivity index (χ2n) is 7.46. The Morgan fingerprint density at radius 2 is 1.29 bits per heavy atom. The summed E-state index contributed by atoms with van der Waals surface area (Å²) in [6, 6.07) is 2.45. The summed E-state index contributed by atoms with van der Waals surface area (Å²) in [6.07, 6.45) is 21.0. The summed E-state index contributed by atoms with van der Waals surface area (Å²) in [6.45, 7) is 2.13. The van der Waals surface area contributed by atoms with Gasteiger partial charge in [-0.25, -0.2) is 0 Å². The highest BCUT2D eigenvalue weighted by molar-refractivity contribution is 4.87. The molecular formula is C20H33N. The van der Waals surface area contributed by atoms with Gasteiger partial charge in [0.05, 0.1) is 6.07 Å². The van der Waals surface area contributed by atoms with E-state index < -0.39 is 0 Å². The molecule has 0 saturated heterocycles. The molecule has 0 amide bonds. The summed E-state index contributed by atoms with van der Waals surface area (Å²) in [4.78, 5) is 0. The maximum Gasteiger partial charge on any atom is 0.0655 e. The van der Waals surface area contributed by atoms with E-state index in [1.54, 1.807) is 0 Å². The number of hydrogen-bond acceptors (Lipinski definition) is 1. The monoisotopic (exact) mass is 287 g/mol. The van der Waals surface area contributed by atoms with E-state index in [1.807, 2.05) is 0 Å². The summed E-state index contributed by atoms with van der Waals surface area (Å²) in [7, 11) is 0. The highest BCUT2D eigenvalue weighted by Gasteiger charge is 2.24. The van der Waals surface area contributed by atoms with Crippen LogP contribution in [0.15, 0.2) is 12.2 Å². The molecule has 0 spiro atoms. The van der Waals surface area contributed by atoms with Crippen LogP contribution in [0.3, 0.4) is 0 Å². The van der Waals surface area contributed by atoms with Gasteiger partial charge < -0.3 is 0 Å². The molecule has 0 aliphatic heterocycles. The van der Waals surface area contributed by atoms with Crippen molar-refractivity contribution in [2.24, 2.45) is 23.7 Å². The molecule has 0 heterocycles. The zero-order valence-corrected chi connectivity index (χ0v) is 13.9. The summed E-state index contributed by atoms with van der Waals surface area (Å²) in [5.74, 6) is 3.32. The molecule has 0 aromatic carbocycles. The third-order valence-electron chi connectivity index (χ3n) is 5.96. The van der Waals surface area contributed by atoms with Crippen LogP contribution < -0.4 is 0 Å². The molecule has 2 fully saturated rings. The fraction of sp³-hybridized carbons (Fsp3) is 0.850. The van der Waals surface area contributed by atoms with Crippen molar-refractivity contribution in [2.75, 3.05) is 0 Å². The lowest BCUT2D eigenvalue weighted by Gasteiger charge is -2.30. The second-order valence-corrected chi connectivity index (χ2v) is 7.46. The van der Waals surface area contributed by atoms with Crippen molar-refractivity contribution >= 4 is 0 Å². The van der Waals surface area contributed by atoms with Crippen LogP contribution in [0, 0.1) is 35.0 Å². The highest BCUT2D eigenvalue weighted by Crippen LogP contribution is 2.37. The van der Waals surface area contributed by atoms with E-state index in [-0.39, 0.29) is 0 Å². The summed E-state index contributed by atoms with van der Waals surface area (Å²) in [5, 5.41) is 8.96. The Labute approximate surface area is 131 Å². The Kier molecular flexibility index (Phi) is 7.34. The molecule has 0 bridgehead atoms. The molecule has 118 valence electrons. The fourth-order valence-corrected chi connectivity index (χ4v) is 4.36. The van der Waals surface area contributed by atoms with Crippen molar-refractivity contribution in [2.45, 2.75) is 84.0 Å². The predicted octanol–water partition coefficient (Wildman–Crippen LogP) is 6.26. The summed E-state index contributed by atoms with van der Waals surface area (Å²) >= 11 is 0. The van der Waals surface area contributed by atoms with Gasteiger partial charge in [0.25, 0.3) is 0 Å². The molecule has 0 N–H and O–H groups in total. The van der Waals surface area contributed by atoms with E-state index in [9.17, 15) is 0 Å². The standard InChI is InChI=1S/C20H33N/c1-2-3-4-5-17-6-8-18(9-7-17)10-11-19-12-14-20(16-21)15-13-19/h2-3,17-20H,4-15H2,1H3/b3-2+/t17-,18-,19-,20-. The van der Waals surface area contributed by atoms with Gasteiger partial charge in [0.1, 0.15) is 0 Å². The first-order valence-corrected chi connectivity index (χ1v) is 9.32. The van der Waals surface area contributed by atoms with Gasteiger partial charge in [-0.05, 0) is 63.2 Å². The van der Waals surface area contributed by atoms with Crippen molar-refractivity contribution in [3.63, 3.8) is 0 Å². The zero-order valence-electron chi connectivity index (χ0n) is 13.9. The van der Waals surface area contributed by atoms with Crippen LogP contribution in [0.4, 0.5) is 0 Å². The summed E-state index contributed by atoms with van der Waals surface area (Å²) in [5.41, 5.74) is 0. The number of rotatable bonds is 6. The zero-order chi connectivity index (χ0) is 14.9. The molecule has 0 aromatic rings. The number of nitrogens with zero attached hydrogens (tertiary/aromatic N) is 1. The fourth-order valence-electron chi connectivity index (χ4n) is 4.36. The number of allylic oxidation sites excluding steroid dienone is 2. The third-order valence-corrected chi connectivity index (χ3v) is 5.96. The average Bonchev–Trinajstić information content (AvgIpc) is 2.55. The molecule has 1 heteroatoms. The van der Waals surface area contributed by atoms with Crippen LogP contribution in [0.25, 0.3) is 0 Å². The number of hydrogen-bond donors (Lipinski definition) is 0. The van der Waals surface area contributed by atoms with Crippen LogP contribution in [-0.2, 0) is 0 Å². The average molecular weight is 287 g/mol. The number of nitriles is 1. The van der Waals surface area contributed by atoms with Crippen LogP contribution >= 0.6 is 0 Å². The third kappa shape index (κ3) is 5.85. The first kappa shape index (κ1) is 16.6. The van der Waals surface area contributed by atoms with Gasteiger partial charge in [-0.1, -0.05) is 50.7 Å². The predicted molar refractivity (Wildman–Crippen MR) is 89.8 cm³/mol. The second kappa shape index (κ2) is 9.29. The largest absolute Gasteiger partial charge is 0.198 e. The topological polar surface area (TPSA) is 23.8 Å². The first-order chi connectivity index (χ1) is 10.3. The van der Waals surface area contributed by atoms with Crippen molar-refractivity contribution in [1.82, 2.24) is 0 Å². The molecule has 2 aliphatic carbocycles. The molecule has 2 saturated carbocycles. The maximum absolute atomic E-state index is 8.96. The van der Waals surface area contributed by atoms with E-state index in [1.165, 1.54) is 77.0 Å².